The van der Waals surface area contributed by atoms with E-state index in [1.165, 1.54) is 6.07 Å². The third-order valence-corrected chi connectivity index (χ3v) is 9.91. The van der Waals surface area contributed by atoms with Crippen LogP contribution in [0.5, 0.6) is 0 Å². The van der Waals surface area contributed by atoms with E-state index in [0.29, 0.717) is 51.1 Å². The summed E-state index contributed by atoms with van der Waals surface area (Å²) >= 11 is 0. The summed E-state index contributed by atoms with van der Waals surface area (Å²) in [6.45, 7) is 0.322. The summed E-state index contributed by atoms with van der Waals surface area (Å²) in [6.07, 6.45) is -5.70. The number of aliphatic hydroxyl groups is 5. The van der Waals surface area contributed by atoms with Crippen LogP contribution in [0.15, 0.2) is 42.5 Å². The number of hydrogen-bond acceptors (Lipinski definition) is 8. The van der Waals surface area contributed by atoms with Crippen LogP contribution in [0, 0.1) is 5.41 Å². The summed E-state index contributed by atoms with van der Waals surface area (Å²) in [5.41, 5.74) is 1.50. The maximum Gasteiger partial charge on any atom is 0.416 e. The molecular formula is C35H47F3N4O7. The number of rotatable bonds is 16. The highest BCUT2D eigenvalue weighted by atomic mass is 19.4. The number of carbonyl (C=O) groups is 2. The zero-order valence-corrected chi connectivity index (χ0v) is 27.4. The number of nitrogens with zero attached hydrogens (tertiary/aromatic N) is 2. The Kier molecular flexibility index (Phi) is 11.8. The summed E-state index contributed by atoms with van der Waals surface area (Å²) in [5, 5.41) is 52.5. The molecule has 4 atom stereocenters. The molecule has 5 rings (SSSR count). The van der Waals surface area contributed by atoms with Gasteiger partial charge in [0.25, 0.3) is 0 Å². The second-order valence-corrected chi connectivity index (χ2v) is 13.5. The number of halogens is 3. The smallest absolute Gasteiger partial charge is 0.394 e. The van der Waals surface area contributed by atoms with E-state index in [1.807, 2.05) is 29.2 Å². The van der Waals surface area contributed by atoms with Crippen molar-refractivity contribution in [3.63, 3.8) is 0 Å². The number of aryl methyl sites for hydroxylation is 2. The molecule has 3 amide bonds. The van der Waals surface area contributed by atoms with Gasteiger partial charge in [0.1, 0.15) is 18.3 Å². The van der Waals surface area contributed by atoms with Crippen LogP contribution >= 0.6 is 0 Å². The van der Waals surface area contributed by atoms with Crippen molar-refractivity contribution in [3.05, 3.63) is 59.2 Å². The molecule has 0 bridgehead atoms. The number of hydrogen-bond donors (Lipinski definition) is 7. The first kappa shape index (κ1) is 36.8. The molecule has 3 aliphatic rings. The second kappa shape index (κ2) is 15.6. The zero-order valence-electron chi connectivity index (χ0n) is 27.4. The van der Waals surface area contributed by atoms with Crippen LogP contribution in [0.3, 0.4) is 0 Å². The standard InChI is InChI=1S/C35H47F3N4O7/c36-35(37,38)25-11-8-22(5-3-4-16-39-33(49)40-20-28(44)30(46)31(47)29(45)21-43)19-23(25)12-13-34(14-15-34)32(48)42-18-17-41(24-9-10-24)26-6-1-2-7-27(26)42/h1-2,6-8,11,19,24,28-31,43-47H,3-5,9-10,12-18,20-21H2,(H2,39,40,49)/t28-,29+,30+,31+/m0/s1. The number of amides is 3. The molecule has 1 aliphatic heterocycles. The molecule has 14 heteroatoms. The van der Waals surface area contributed by atoms with E-state index < -0.39 is 60.8 Å². The molecule has 270 valence electrons. The van der Waals surface area contributed by atoms with Gasteiger partial charge in [-0.2, -0.15) is 13.2 Å². The van der Waals surface area contributed by atoms with Crippen LogP contribution in [0.1, 0.15) is 61.6 Å². The maximum absolute atomic E-state index is 14.0. The highest BCUT2D eigenvalue weighted by Crippen LogP contribution is 2.53. The van der Waals surface area contributed by atoms with Crippen molar-refractivity contribution < 1.29 is 48.3 Å². The molecule has 0 spiro atoms. The van der Waals surface area contributed by atoms with Crippen molar-refractivity contribution in [2.24, 2.45) is 5.41 Å². The molecule has 2 saturated carbocycles. The van der Waals surface area contributed by atoms with Crippen molar-refractivity contribution in [1.82, 2.24) is 10.6 Å². The van der Waals surface area contributed by atoms with E-state index in [2.05, 4.69) is 15.5 Å². The van der Waals surface area contributed by atoms with E-state index in [-0.39, 0.29) is 24.4 Å². The number of para-hydroxylation sites is 2. The molecule has 0 radical (unpaired) electrons. The lowest BCUT2D eigenvalue weighted by molar-refractivity contribution is -0.138. The van der Waals surface area contributed by atoms with E-state index in [1.54, 1.807) is 6.07 Å². The van der Waals surface area contributed by atoms with Crippen molar-refractivity contribution in [2.45, 2.75) is 94.4 Å². The van der Waals surface area contributed by atoms with Gasteiger partial charge in [-0.15, -0.1) is 0 Å². The van der Waals surface area contributed by atoms with Crippen molar-refractivity contribution in [3.8, 4) is 0 Å². The Morgan fingerprint density at radius 2 is 1.59 bits per heavy atom. The van der Waals surface area contributed by atoms with E-state index in [9.17, 15) is 43.2 Å². The highest BCUT2D eigenvalue weighted by Gasteiger charge is 2.52. The fourth-order valence-electron chi connectivity index (χ4n) is 6.63. The normalized spacial score (nSPS) is 19.4. The lowest BCUT2D eigenvalue weighted by Crippen LogP contribution is -2.50. The Bertz CT molecular complexity index is 1450. The molecule has 11 nitrogen and oxygen atoms in total. The highest BCUT2D eigenvalue weighted by molar-refractivity contribution is 6.02. The molecular weight excluding hydrogens is 645 g/mol. The number of urea groups is 1. The number of fused-ring (bicyclic) bond motifs is 1. The van der Waals surface area contributed by atoms with Crippen molar-refractivity contribution in [1.29, 1.82) is 0 Å². The second-order valence-electron chi connectivity index (χ2n) is 13.5. The topological polar surface area (TPSA) is 166 Å². The quantitative estimate of drug-likeness (QED) is 0.132. The third kappa shape index (κ3) is 9.03. The number of aliphatic hydroxyl groups excluding tert-OH is 5. The van der Waals surface area contributed by atoms with Crippen LogP contribution < -0.4 is 20.4 Å². The van der Waals surface area contributed by atoms with Crippen LogP contribution in [-0.2, 0) is 23.8 Å². The molecule has 2 aliphatic carbocycles. The molecule has 2 aromatic rings. The number of nitrogens with one attached hydrogen (secondary N) is 2. The van der Waals surface area contributed by atoms with Crippen LogP contribution in [0.2, 0.25) is 0 Å². The van der Waals surface area contributed by atoms with E-state index >= 15 is 0 Å². The summed E-state index contributed by atoms with van der Waals surface area (Å²) in [6, 6.07) is 11.9. The molecule has 1 heterocycles. The lowest BCUT2D eigenvalue weighted by Gasteiger charge is -2.39. The summed E-state index contributed by atoms with van der Waals surface area (Å²) < 4.78 is 42.1. The first-order valence-electron chi connectivity index (χ1n) is 17.1. The van der Waals surface area contributed by atoms with Gasteiger partial charge in [0.2, 0.25) is 5.91 Å². The monoisotopic (exact) mass is 692 g/mol. The molecule has 0 aromatic heterocycles. The minimum absolute atomic E-state index is 0.000391. The Balaban J connectivity index is 1.11. The van der Waals surface area contributed by atoms with Gasteiger partial charge in [-0.1, -0.05) is 24.3 Å². The number of carbonyl (C=O) groups excluding carboxylic acids is 2. The minimum Gasteiger partial charge on any atom is -0.394 e. The Morgan fingerprint density at radius 3 is 2.24 bits per heavy atom. The fourth-order valence-corrected chi connectivity index (χ4v) is 6.63. The summed E-state index contributed by atoms with van der Waals surface area (Å²) in [4.78, 5) is 30.2. The first-order chi connectivity index (χ1) is 23.3. The molecule has 2 fully saturated rings. The van der Waals surface area contributed by atoms with Gasteiger partial charge < -0.3 is 46.0 Å². The Hall–Kier alpha value is -3.43. The SMILES string of the molecule is O=C(NCCCCc1ccc(C(F)(F)F)c(CCC2(C(=O)N3CCN(C4CC4)c4ccccc43)CC2)c1)NC[C@H](O)[C@@H](O)[C@H](O)[C@H](O)CO. The van der Waals surface area contributed by atoms with Gasteiger partial charge in [0.15, 0.2) is 0 Å². The van der Waals surface area contributed by atoms with E-state index in [0.717, 1.165) is 42.4 Å². The zero-order chi connectivity index (χ0) is 35.3. The first-order valence-corrected chi connectivity index (χ1v) is 17.1. The van der Waals surface area contributed by atoms with Crippen LogP contribution in [0.25, 0.3) is 0 Å². The number of anilines is 2. The summed E-state index contributed by atoms with van der Waals surface area (Å²) in [7, 11) is 0. The van der Waals surface area contributed by atoms with Crippen molar-refractivity contribution in [2.75, 3.05) is 42.6 Å². The van der Waals surface area contributed by atoms with Gasteiger partial charge in [-0.05, 0) is 87.1 Å². The van der Waals surface area contributed by atoms with Crippen molar-refractivity contribution >= 4 is 23.3 Å². The predicted octanol–water partition coefficient (Wildman–Crippen LogP) is 2.49. The van der Waals surface area contributed by atoms with Crippen LogP contribution in [-0.4, -0.2) is 101 Å². The fraction of sp³-hybridized carbons (Fsp3) is 0.600. The third-order valence-electron chi connectivity index (χ3n) is 9.91. The Morgan fingerprint density at radius 1 is 0.898 bits per heavy atom. The number of benzene rings is 2. The molecule has 2 aromatic carbocycles. The largest absolute Gasteiger partial charge is 0.416 e. The lowest BCUT2D eigenvalue weighted by atomic mass is 9.91. The summed E-state index contributed by atoms with van der Waals surface area (Å²) in [5.74, 6) is 0.000391. The van der Waals surface area contributed by atoms with Gasteiger partial charge in [-0.3, -0.25) is 4.79 Å². The average Bonchev–Trinajstić information content (AvgIpc) is 4.03. The van der Waals surface area contributed by atoms with Gasteiger partial charge in [-0.25, -0.2) is 4.79 Å². The van der Waals surface area contributed by atoms with E-state index in [4.69, 9.17) is 5.11 Å². The van der Waals surface area contributed by atoms with Gasteiger partial charge in [0.05, 0.1) is 35.1 Å². The van der Waals surface area contributed by atoms with Gasteiger partial charge in [0, 0.05) is 32.2 Å². The number of alkyl halides is 3. The molecule has 7 N–H and O–H groups in total. The van der Waals surface area contributed by atoms with Gasteiger partial charge >= 0.3 is 12.2 Å². The predicted molar refractivity (Wildman–Crippen MR) is 176 cm³/mol. The average molecular weight is 693 g/mol. The van der Waals surface area contributed by atoms with Crippen LogP contribution in [0.4, 0.5) is 29.3 Å². The molecule has 49 heavy (non-hydrogen) atoms. The number of unbranched alkanes of at least 4 members (excludes halogenated alkanes) is 1. The molecule has 0 saturated heterocycles. The Labute approximate surface area is 283 Å². The minimum atomic E-state index is -4.52. The molecule has 0 unspecified atom stereocenters. The maximum atomic E-state index is 14.0.